The van der Waals surface area contributed by atoms with E-state index >= 15 is 0 Å². The lowest BCUT2D eigenvalue weighted by Gasteiger charge is -2.09. The quantitative estimate of drug-likeness (QED) is 0.767. The zero-order valence-electron chi connectivity index (χ0n) is 11.3. The van der Waals surface area contributed by atoms with Gasteiger partial charge in [-0.15, -0.1) is 0 Å². The number of anilines is 1. The first kappa shape index (κ1) is 14.6. The third-order valence-corrected chi connectivity index (χ3v) is 4.92. The van der Waals surface area contributed by atoms with Crippen LogP contribution >= 0.6 is 11.6 Å². The molecule has 3 aromatic rings. The van der Waals surface area contributed by atoms with Gasteiger partial charge in [0.15, 0.2) is 0 Å². The van der Waals surface area contributed by atoms with Crippen molar-refractivity contribution in [1.29, 1.82) is 0 Å². The van der Waals surface area contributed by atoms with Crippen LogP contribution in [0, 0.1) is 0 Å². The minimum atomic E-state index is -3.72. The average molecular weight is 334 g/mol. The monoisotopic (exact) mass is 333 g/mol. The molecule has 3 rings (SSSR count). The summed E-state index contributed by atoms with van der Waals surface area (Å²) >= 11 is 5.94. The molecule has 1 aromatic heterocycles. The third-order valence-electron chi connectivity index (χ3n) is 3.03. The minimum absolute atomic E-state index is 0.0479. The van der Waals surface area contributed by atoms with Gasteiger partial charge in [0.25, 0.3) is 10.0 Å². The summed E-state index contributed by atoms with van der Waals surface area (Å²) < 4.78 is 27.1. The molecule has 0 amide bonds. The van der Waals surface area contributed by atoms with Gasteiger partial charge in [0.2, 0.25) is 0 Å². The van der Waals surface area contributed by atoms with Gasteiger partial charge in [-0.25, -0.2) is 13.4 Å². The summed E-state index contributed by atoms with van der Waals surface area (Å²) in [5, 5.41) is 0.183. The molecule has 5 nitrogen and oxygen atoms in total. The molecule has 0 aliphatic rings. The van der Waals surface area contributed by atoms with Crippen molar-refractivity contribution in [1.82, 2.24) is 9.97 Å². The Morgan fingerprint density at radius 2 is 1.77 bits per heavy atom. The molecule has 0 aliphatic heterocycles. The molecule has 2 aromatic carbocycles. The van der Waals surface area contributed by atoms with Crippen LogP contribution in [0.4, 0.5) is 5.69 Å². The molecule has 0 saturated heterocycles. The number of rotatable bonds is 4. The smallest absolute Gasteiger partial charge is 0.263 e. The number of nitrogens with one attached hydrogen (secondary N) is 2. The summed E-state index contributed by atoms with van der Waals surface area (Å²) in [7, 11) is -3.72. The molecule has 0 atom stereocenters. The summed E-state index contributed by atoms with van der Waals surface area (Å²) in [6, 6.07) is 13.2. The Labute approximate surface area is 133 Å². The fourth-order valence-electron chi connectivity index (χ4n) is 1.99. The molecule has 0 saturated carbocycles. The highest BCUT2D eigenvalue weighted by molar-refractivity contribution is 7.92. The Morgan fingerprint density at radius 1 is 1.05 bits per heavy atom. The standard InChI is InChI=1S/C15H12ClN3O2S/c16-13-3-1-2-4-14(13)22(20,21)19-12-7-5-11(6-8-12)15-17-9-10-18-15/h1-10,19H,(H,17,18). The van der Waals surface area contributed by atoms with Crippen molar-refractivity contribution in [2.24, 2.45) is 0 Å². The maximum absolute atomic E-state index is 12.3. The lowest BCUT2D eigenvalue weighted by Crippen LogP contribution is -2.13. The van der Waals surface area contributed by atoms with E-state index in [1.54, 1.807) is 48.8 Å². The number of nitrogens with zero attached hydrogens (tertiary/aromatic N) is 1. The van der Waals surface area contributed by atoms with Crippen LogP contribution in [-0.4, -0.2) is 18.4 Å². The van der Waals surface area contributed by atoms with Gasteiger partial charge in [-0.1, -0.05) is 23.7 Å². The zero-order chi connectivity index (χ0) is 15.6. The first-order chi connectivity index (χ1) is 10.6. The highest BCUT2D eigenvalue weighted by Crippen LogP contribution is 2.24. The number of H-pyrrole nitrogens is 1. The van der Waals surface area contributed by atoms with Gasteiger partial charge < -0.3 is 4.98 Å². The summed E-state index contributed by atoms with van der Waals surface area (Å²) in [5.41, 5.74) is 1.32. The van der Waals surface area contributed by atoms with E-state index in [0.29, 0.717) is 5.69 Å². The Morgan fingerprint density at radius 3 is 2.41 bits per heavy atom. The molecule has 22 heavy (non-hydrogen) atoms. The van der Waals surface area contributed by atoms with Crippen LogP contribution in [0.2, 0.25) is 5.02 Å². The molecule has 2 N–H and O–H groups in total. The summed E-state index contributed by atoms with van der Waals surface area (Å²) in [6.07, 6.45) is 3.38. The molecular formula is C15H12ClN3O2S. The number of aromatic amines is 1. The Kier molecular flexibility index (Phi) is 3.87. The third kappa shape index (κ3) is 2.98. The van der Waals surface area contributed by atoms with E-state index in [1.807, 2.05) is 0 Å². The number of hydrogen-bond donors (Lipinski definition) is 2. The Balaban J connectivity index is 1.86. The van der Waals surface area contributed by atoms with E-state index in [4.69, 9.17) is 11.6 Å². The highest BCUT2D eigenvalue weighted by Gasteiger charge is 2.17. The molecule has 0 unspecified atom stereocenters. The van der Waals surface area contributed by atoms with Crippen molar-refractivity contribution in [2.75, 3.05) is 4.72 Å². The first-order valence-electron chi connectivity index (χ1n) is 6.43. The van der Waals surface area contributed by atoms with Gasteiger partial charge in [0, 0.05) is 23.6 Å². The molecule has 0 bridgehead atoms. The van der Waals surface area contributed by atoms with Crippen molar-refractivity contribution in [2.45, 2.75) is 4.90 Å². The molecule has 0 aliphatic carbocycles. The molecule has 7 heteroatoms. The largest absolute Gasteiger partial charge is 0.345 e. The topological polar surface area (TPSA) is 74.8 Å². The van der Waals surface area contributed by atoms with Gasteiger partial charge in [-0.3, -0.25) is 4.72 Å². The summed E-state index contributed by atoms with van der Waals surface area (Å²) in [6.45, 7) is 0. The predicted molar refractivity (Wildman–Crippen MR) is 86.3 cm³/mol. The van der Waals surface area contributed by atoms with Crippen molar-refractivity contribution in [3.63, 3.8) is 0 Å². The van der Waals surface area contributed by atoms with E-state index in [-0.39, 0.29) is 9.92 Å². The Hall–Kier alpha value is -2.31. The lowest BCUT2D eigenvalue weighted by atomic mass is 10.2. The van der Waals surface area contributed by atoms with Crippen molar-refractivity contribution < 1.29 is 8.42 Å². The second kappa shape index (κ2) is 5.82. The number of imidazole rings is 1. The lowest BCUT2D eigenvalue weighted by molar-refractivity contribution is 0.601. The average Bonchev–Trinajstić information content (AvgIpc) is 3.02. The van der Waals surface area contributed by atoms with Gasteiger partial charge in [-0.05, 0) is 36.4 Å². The van der Waals surface area contributed by atoms with Crippen molar-refractivity contribution in [3.8, 4) is 11.4 Å². The van der Waals surface area contributed by atoms with Crippen LogP contribution in [0.1, 0.15) is 0 Å². The van der Waals surface area contributed by atoms with Crippen molar-refractivity contribution in [3.05, 3.63) is 65.9 Å². The van der Waals surface area contributed by atoms with E-state index in [2.05, 4.69) is 14.7 Å². The van der Waals surface area contributed by atoms with Crippen LogP contribution in [0.5, 0.6) is 0 Å². The number of hydrogen-bond acceptors (Lipinski definition) is 3. The van der Waals surface area contributed by atoms with Gasteiger partial charge in [-0.2, -0.15) is 0 Å². The van der Waals surface area contributed by atoms with Gasteiger partial charge in [0.1, 0.15) is 10.7 Å². The van der Waals surface area contributed by atoms with Crippen LogP contribution in [0.15, 0.2) is 65.8 Å². The molecule has 112 valence electrons. The van der Waals surface area contributed by atoms with E-state index in [0.717, 1.165) is 11.4 Å². The fourth-order valence-corrected chi connectivity index (χ4v) is 3.57. The highest BCUT2D eigenvalue weighted by atomic mass is 35.5. The van der Waals surface area contributed by atoms with E-state index < -0.39 is 10.0 Å². The molecule has 1 heterocycles. The summed E-state index contributed by atoms with van der Waals surface area (Å²) in [5.74, 6) is 0.723. The fraction of sp³-hybridized carbons (Fsp3) is 0. The van der Waals surface area contributed by atoms with Crippen LogP contribution in [-0.2, 0) is 10.0 Å². The normalized spacial score (nSPS) is 11.3. The van der Waals surface area contributed by atoms with Crippen LogP contribution < -0.4 is 4.72 Å². The second-order valence-electron chi connectivity index (χ2n) is 4.55. The zero-order valence-corrected chi connectivity index (χ0v) is 12.9. The summed E-state index contributed by atoms with van der Waals surface area (Å²) in [4.78, 5) is 7.17. The second-order valence-corrected chi connectivity index (χ2v) is 6.61. The number of aromatic nitrogens is 2. The van der Waals surface area contributed by atoms with Crippen molar-refractivity contribution >= 4 is 27.3 Å². The molecule has 0 radical (unpaired) electrons. The van der Waals surface area contributed by atoms with Crippen LogP contribution in [0.3, 0.4) is 0 Å². The minimum Gasteiger partial charge on any atom is -0.345 e. The number of halogens is 1. The first-order valence-corrected chi connectivity index (χ1v) is 8.29. The number of sulfonamides is 1. The van der Waals surface area contributed by atoms with E-state index in [9.17, 15) is 8.42 Å². The maximum atomic E-state index is 12.3. The maximum Gasteiger partial charge on any atom is 0.263 e. The SMILES string of the molecule is O=S(=O)(Nc1ccc(-c2ncc[nH]2)cc1)c1ccccc1Cl. The molecular weight excluding hydrogens is 322 g/mol. The van der Waals surface area contributed by atoms with E-state index in [1.165, 1.54) is 12.1 Å². The van der Waals surface area contributed by atoms with Crippen LogP contribution in [0.25, 0.3) is 11.4 Å². The number of benzene rings is 2. The predicted octanol–water partition coefficient (Wildman–Crippen LogP) is 3.53. The molecule has 0 spiro atoms. The Bertz CT molecular complexity index is 875. The van der Waals surface area contributed by atoms with Gasteiger partial charge >= 0.3 is 0 Å². The molecule has 0 fully saturated rings. The van der Waals surface area contributed by atoms with Gasteiger partial charge in [0.05, 0.1) is 5.02 Å².